The van der Waals surface area contributed by atoms with Crippen molar-refractivity contribution >= 4 is 16.0 Å². The van der Waals surface area contributed by atoms with E-state index in [1.165, 1.54) is 0 Å². The van der Waals surface area contributed by atoms with Crippen LogP contribution in [0.3, 0.4) is 0 Å². The molecule has 1 unspecified atom stereocenters. The van der Waals surface area contributed by atoms with Gasteiger partial charge in [-0.15, -0.1) is 0 Å². The van der Waals surface area contributed by atoms with E-state index in [-0.39, 0.29) is 22.7 Å². The first-order valence-corrected chi connectivity index (χ1v) is 16.4. The van der Waals surface area contributed by atoms with Gasteiger partial charge >= 0.3 is 0 Å². The summed E-state index contributed by atoms with van der Waals surface area (Å²) in [4.78, 5) is 9.43. The highest BCUT2D eigenvalue weighted by Crippen LogP contribution is 2.58. The number of aromatic nitrogens is 2. The van der Waals surface area contributed by atoms with Crippen LogP contribution in [0.1, 0.15) is 68.6 Å². The van der Waals surface area contributed by atoms with E-state index in [1.807, 2.05) is 50.2 Å². The summed E-state index contributed by atoms with van der Waals surface area (Å²) < 4.78 is 42.2. The molecule has 1 spiro atoms. The third-order valence-electron chi connectivity index (χ3n) is 9.40. The Bertz CT molecular complexity index is 1500. The minimum Gasteiger partial charge on any atom is -0.477 e. The van der Waals surface area contributed by atoms with E-state index in [2.05, 4.69) is 34.6 Å². The number of hydrogen-bond donors (Lipinski definition) is 1. The normalized spacial score (nSPS) is 23.5. The molecule has 1 saturated carbocycles. The van der Waals surface area contributed by atoms with Crippen molar-refractivity contribution in [1.29, 1.82) is 0 Å². The number of fused-ring (bicyclic) bond motifs is 4. The molecule has 7 nitrogen and oxygen atoms in total. The van der Waals surface area contributed by atoms with Gasteiger partial charge < -0.3 is 9.47 Å². The first-order valence-electron chi connectivity index (χ1n) is 14.9. The van der Waals surface area contributed by atoms with Crippen LogP contribution in [0.5, 0.6) is 5.88 Å². The third kappa shape index (κ3) is 5.73. The Labute approximate surface area is 244 Å². The number of hydrogen-bond acceptors (Lipinski definition) is 6. The molecule has 2 aromatic carbocycles. The van der Waals surface area contributed by atoms with Crippen molar-refractivity contribution in [2.45, 2.75) is 70.6 Å². The Morgan fingerprint density at radius 1 is 1.00 bits per heavy atom. The van der Waals surface area contributed by atoms with Crippen LogP contribution in [0.25, 0.3) is 11.3 Å². The van der Waals surface area contributed by atoms with Gasteiger partial charge in [0.2, 0.25) is 11.8 Å². The number of aryl methyl sites for hydroxylation is 2. The van der Waals surface area contributed by atoms with Gasteiger partial charge in [-0.1, -0.05) is 44.2 Å². The first kappa shape index (κ1) is 28.2. The Balaban J connectivity index is 1.43. The van der Waals surface area contributed by atoms with E-state index in [9.17, 15) is 8.42 Å². The quantitative estimate of drug-likeness (QED) is 0.364. The summed E-state index contributed by atoms with van der Waals surface area (Å²) in [6, 6.07) is 15.4. The molecule has 2 aliphatic heterocycles. The van der Waals surface area contributed by atoms with Crippen LogP contribution in [-0.4, -0.2) is 38.2 Å². The van der Waals surface area contributed by atoms with Crippen molar-refractivity contribution in [1.82, 2.24) is 9.97 Å². The van der Waals surface area contributed by atoms with Crippen molar-refractivity contribution in [3.05, 3.63) is 65.2 Å². The smallest absolute Gasteiger partial charge is 0.264 e. The monoisotopic (exact) mass is 575 g/mol. The second-order valence-electron chi connectivity index (χ2n) is 12.9. The van der Waals surface area contributed by atoms with Gasteiger partial charge in [-0.05, 0) is 97.9 Å². The van der Waals surface area contributed by atoms with Gasteiger partial charge in [0, 0.05) is 30.8 Å². The summed E-state index contributed by atoms with van der Waals surface area (Å²) in [5.41, 5.74) is 5.16. The SMILES string of the molecule is Cc1cccc(C)c1-c1cc2nc(n1)NS(=O)(=O)c1cccc(c1)C(C1CC3(CCOCC3)C1)[C@H](CC(C)C)CO2. The second-order valence-corrected chi connectivity index (χ2v) is 14.5. The van der Waals surface area contributed by atoms with Gasteiger partial charge in [0.15, 0.2) is 0 Å². The minimum absolute atomic E-state index is 0.0172. The maximum absolute atomic E-state index is 13.7. The predicted molar refractivity (Wildman–Crippen MR) is 161 cm³/mol. The molecule has 1 aromatic heterocycles. The molecule has 218 valence electrons. The van der Waals surface area contributed by atoms with Gasteiger partial charge in [0.1, 0.15) is 0 Å². The van der Waals surface area contributed by atoms with E-state index in [0.717, 1.165) is 67.6 Å². The van der Waals surface area contributed by atoms with Crippen LogP contribution in [0.15, 0.2) is 53.4 Å². The molecule has 0 amide bonds. The fraction of sp³-hybridized carbons (Fsp3) is 0.515. The van der Waals surface area contributed by atoms with Crippen molar-refractivity contribution in [3.63, 3.8) is 0 Å². The maximum atomic E-state index is 13.7. The molecule has 2 fully saturated rings. The molecule has 2 atom stereocenters. The Hall–Kier alpha value is -2.97. The molecular weight excluding hydrogens is 534 g/mol. The molecule has 41 heavy (non-hydrogen) atoms. The summed E-state index contributed by atoms with van der Waals surface area (Å²) in [5.74, 6) is 1.76. The zero-order valence-electron chi connectivity index (χ0n) is 24.5. The second kappa shape index (κ2) is 11.0. The van der Waals surface area contributed by atoms with E-state index in [1.54, 1.807) is 6.07 Å². The average Bonchev–Trinajstić information content (AvgIpc) is 2.90. The zero-order valence-corrected chi connectivity index (χ0v) is 25.3. The summed E-state index contributed by atoms with van der Waals surface area (Å²) in [7, 11) is -3.92. The van der Waals surface area contributed by atoms with E-state index in [0.29, 0.717) is 35.4 Å². The molecular formula is C33H41N3O4S. The lowest BCUT2D eigenvalue weighted by Crippen LogP contribution is -2.46. The van der Waals surface area contributed by atoms with Gasteiger partial charge in [-0.2, -0.15) is 4.98 Å². The summed E-state index contributed by atoms with van der Waals surface area (Å²) in [5, 5.41) is 0. The highest BCUT2D eigenvalue weighted by molar-refractivity contribution is 7.92. The molecule has 3 aromatic rings. The summed E-state index contributed by atoms with van der Waals surface area (Å²) in [6.45, 7) is 10.8. The van der Waals surface area contributed by atoms with Crippen molar-refractivity contribution < 1.29 is 17.9 Å². The molecule has 0 radical (unpaired) electrons. The van der Waals surface area contributed by atoms with Gasteiger partial charge in [0.05, 0.1) is 17.2 Å². The molecule has 3 heterocycles. The summed E-state index contributed by atoms with van der Waals surface area (Å²) in [6.07, 6.45) is 5.52. The fourth-order valence-corrected chi connectivity index (χ4v) is 8.52. The molecule has 8 heteroatoms. The first-order chi connectivity index (χ1) is 19.6. The number of ether oxygens (including phenoxy) is 2. The van der Waals surface area contributed by atoms with Crippen LogP contribution in [0.2, 0.25) is 0 Å². The summed E-state index contributed by atoms with van der Waals surface area (Å²) >= 11 is 0. The average molecular weight is 576 g/mol. The largest absolute Gasteiger partial charge is 0.477 e. The lowest BCUT2D eigenvalue weighted by Gasteiger charge is -2.54. The van der Waals surface area contributed by atoms with Gasteiger partial charge in [-0.25, -0.2) is 18.1 Å². The molecule has 1 saturated heterocycles. The van der Waals surface area contributed by atoms with E-state index in [4.69, 9.17) is 9.47 Å². The Morgan fingerprint density at radius 3 is 2.41 bits per heavy atom. The van der Waals surface area contributed by atoms with Gasteiger partial charge in [0.25, 0.3) is 10.0 Å². The highest BCUT2D eigenvalue weighted by Gasteiger charge is 2.49. The number of rotatable bonds is 4. The van der Waals surface area contributed by atoms with E-state index >= 15 is 0 Å². The van der Waals surface area contributed by atoms with Gasteiger partial charge in [-0.3, -0.25) is 0 Å². The maximum Gasteiger partial charge on any atom is 0.264 e. The van der Waals surface area contributed by atoms with Crippen molar-refractivity contribution in [2.75, 3.05) is 24.5 Å². The zero-order chi connectivity index (χ0) is 28.8. The molecule has 4 bridgehead atoms. The lowest BCUT2D eigenvalue weighted by molar-refractivity contribution is -0.0732. The Kier molecular flexibility index (Phi) is 7.57. The number of sulfonamides is 1. The van der Waals surface area contributed by atoms with E-state index < -0.39 is 10.0 Å². The number of anilines is 1. The van der Waals surface area contributed by atoms with Crippen LogP contribution < -0.4 is 9.46 Å². The number of nitrogens with one attached hydrogen (secondary N) is 1. The highest BCUT2D eigenvalue weighted by atomic mass is 32.2. The van der Waals surface area contributed by atoms with Crippen LogP contribution in [0, 0.1) is 37.0 Å². The molecule has 3 aliphatic rings. The fourth-order valence-electron chi connectivity index (χ4n) is 7.52. The molecule has 1 N–H and O–H groups in total. The van der Waals surface area contributed by atoms with Crippen molar-refractivity contribution in [3.8, 4) is 17.1 Å². The standard InChI is InChI=1S/C33H41N3O4S/c1-21(2)15-25-20-40-29-17-28(30-22(3)7-5-8-23(30)4)34-32(35-29)36-41(37,38)27-10-6-9-24(16-27)31(25)26-18-33(19-26)11-13-39-14-12-33/h5-10,16-17,21,25-26,31H,11-15,18-20H2,1-4H3,(H,34,35,36)/t25-,31?/m1/s1. The minimum atomic E-state index is -3.92. The molecule has 6 rings (SSSR count). The van der Waals surface area contributed by atoms with Crippen LogP contribution >= 0.6 is 0 Å². The third-order valence-corrected chi connectivity index (χ3v) is 10.7. The topological polar surface area (TPSA) is 90.4 Å². The number of nitrogens with zero attached hydrogens (tertiary/aromatic N) is 2. The van der Waals surface area contributed by atoms with Crippen molar-refractivity contribution in [2.24, 2.45) is 23.2 Å². The predicted octanol–water partition coefficient (Wildman–Crippen LogP) is 6.91. The molecule has 1 aliphatic carbocycles. The van der Waals surface area contributed by atoms with Crippen LogP contribution in [-0.2, 0) is 14.8 Å². The number of benzene rings is 2. The lowest BCUT2D eigenvalue weighted by atomic mass is 9.52. The Morgan fingerprint density at radius 2 is 1.71 bits per heavy atom. The van der Waals surface area contributed by atoms with Crippen LogP contribution in [0.4, 0.5) is 5.95 Å².